The standard InChI is InChI=1S/C26H27F4N3O4S/c1-3-16-4-6-17(7-5-16)15-37-25-18(10-13-23(32-25)26(28,29)30)8-11-20(24(31)34)19-9-12-22(21(27)14-19)33(2)38(35)36/h4-7,9-10,12-14,20H,3,8,11,15H2,1-2H3,(H2,31,34)(H,35,36)/p-1. The molecule has 1 amide bonds. The summed E-state index contributed by atoms with van der Waals surface area (Å²) in [6.45, 7) is 1.98. The van der Waals surface area contributed by atoms with Crippen molar-refractivity contribution in [2.75, 3.05) is 11.4 Å². The number of benzene rings is 2. The number of aryl methyl sites for hydroxylation is 2. The van der Waals surface area contributed by atoms with Crippen molar-refractivity contribution in [2.45, 2.75) is 44.9 Å². The molecule has 3 aromatic rings. The van der Waals surface area contributed by atoms with Gasteiger partial charge in [-0.15, -0.1) is 0 Å². The van der Waals surface area contributed by atoms with Crippen LogP contribution in [0.5, 0.6) is 5.88 Å². The van der Waals surface area contributed by atoms with Gasteiger partial charge in [0, 0.05) is 23.9 Å². The Morgan fingerprint density at radius 1 is 1.13 bits per heavy atom. The molecule has 2 N–H and O–H groups in total. The second-order valence-electron chi connectivity index (χ2n) is 8.54. The monoisotopic (exact) mass is 552 g/mol. The zero-order chi connectivity index (χ0) is 28.0. The molecule has 204 valence electrons. The number of nitrogens with zero attached hydrogens (tertiary/aromatic N) is 2. The number of amides is 1. The van der Waals surface area contributed by atoms with Crippen LogP contribution in [0.4, 0.5) is 23.2 Å². The summed E-state index contributed by atoms with van der Waals surface area (Å²) in [5.41, 5.74) is 6.54. The Hall–Kier alpha value is -3.51. The molecule has 2 unspecified atom stereocenters. The zero-order valence-electron chi connectivity index (χ0n) is 20.6. The fraction of sp³-hybridized carbons (Fsp3) is 0.308. The van der Waals surface area contributed by atoms with Crippen LogP contribution in [0.3, 0.4) is 0 Å². The molecular formula is C26H26F4N3O4S-. The fourth-order valence-corrected chi connectivity index (χ4v) is 4.12. The lowest BCUT2D eigenvalue weighted by atomic mass is 9.91. The first-order valence-electron chi connectivity index (χ1n) is 11.6. The Kier molecular flexibility index (Phi) is 9.45. The van der Waals surface area contributed by atoms with E-state index in [1.165, 1.54) is 18.2 Å². The lowest BCUT2D eigenvalue weighted by Crippen LogP contribution is -2.23. The highest BCUT2D eigenvalue weighted by molar-refractivity contribution is 7.80. The van der Waals surface area contributed by atoms with Crippen LogP contribution in [0.1, 0.15) is 47.2 Å². The number of anilines is 1. The average molecular weight is 553 g/mol. The summed E-state index contributed by atoms with van der Waals surface area (Å²) in [5, 5.41) is 0. The smallest absolute Gasteiger partial charge is 0.433 e. The van der Waals surface area contributed by atoms with Crippen LogP contribution in [-0.2, 0) is 41.7 Å². The Morgan fingerprint density at radius 3 is 2.34 bits per heavy atom. The first-order valence-corrected chi connectivity index (χ1v) is 12.6. The van der Waals surface area contributed by atoms with Crippen molar-refractivity contribution in [3.05, 3.63) is 88.4 Å². The van der Waals surface area contributed by atoms with E-state index < -0.39 is 40.8 Å². The number of pyridine rings is 1. The number of alkyl halides is 3. The molecule has 1 heterocycles. The third-order valence-electron chi connectivity index (χ3n) is 6.02. The molecule has 12 heteroatoms. The lowest BCUT2D eigenvalue weighted by molar-refractivity contribution is -0.141. The predicted molar refractivity (Wildman–Crippen MR) is 133 cm³/mol. The number of rotatable bonds is 11. The van der Waals surface area contributed by atoms with Crippen LogP contribution in [0.15, 0.2) is 54.6 Å². The maximum atomic E-state index is 14.6. The minimum Gasteiger partial charge on any atom is -0.755 e. The van der Waals surface area contributed by atoms with Gasteiger partial charge in [0.1, 0.15) is 18.1 Å². The summed E-state index contributed by atoms with van der Waals surface area (Å²) < 4.78 is 83.1. The van der Waals surface area contributed by atoms with E-state index in [9.17, 15) is 31.1 Å². The van der Waals surface area contributed by atoms with E-state index in [1.807, 2.05) is 31.2 Å². The Balaban J connectivity index is 1.84. The summed E-state index contributed by atoms with van der Waals surface area (Å²) in [6.07, 6.45) is -3.78. The van der Waals surface area contributed by atoms with Gasteiger partial charge in [0.05, 0.1) is 11.6 Å². The molecule has 7 nitrogen and oxygen atoms in total. The number of carbonyl (C=O) groups is 1. The number of carbonyl (C=O) groups excluding carboxylic acids is 1. The highest BCUT2D eigenvalue weighted by atomic mass is 32.2. The highest BCUT2D eigenvalue weighted by Crippen LogP contribution is 2.33. The number of nitrogens with two attached hydrogens (primary N) is 1. The van der Waals surface area contributed by atoms with Crippen LogP contribution >= 0.6 is 0 Å². The van der Waals surface area contributed by atoms with Gasteiger partial charge >= 0.3 is 6.18 Å². The molecule has 0 radical (unpaired) electrons. The third-order valence-corrected chi connectivity index (χ3v) is 6.66. The number of aromatic nitrogens is 1. The van der Waals surface area contributed by atoms with Crippen molar-refractivity contribution >= 4 is 22.9 Å². The molecule has 0 fully saturated rings. The Morgan fingerprint density at radius 2 is 1.79 bits per heavy atom. The van der Waals surface area contributed by atoms with E-state index in [1.54, 1.807) is 0 Å². The number of primary amides is 1. The molecule has 38 heavy (non-hydrogen) atoms. The van der Waals surface area contributed by atoms with Crippen LogP contribution in [0, 0.1) is 5.82 Å². The topological polar surface area (TPSA) is 109 Å². The van der Waals surface area contributed by atoms with Gasteiger partial charge in [-0.1, -0.05) is 43.3 Å². The van der Waals surface area contributed by atoms with Crippen molar-refractivity contribution in [3.8, 4) is 5.88 Å². The van der Waals surface area contributed by atoms with Crippen molar-refractivity contribution in [2.24, 2.45) is 5.73 Å². The van der Waals surface area contributed by atoms with Crippen molar-refractivity contribution in [3.63, 3.8) is 0 Å². The quantitative estimate of drug-likeness (QED) is 0.271. The van der Waals surface area contributed by atoms with Crippen LogP contribution in [-0.4, -0.2) is 26.7 Å². The van der Waals surface area contributed by atoms with Gasteiger partial charge in [-0.2, -0.15) is 13.2 Å². The van der Waals surface area contributed by atoms with E-state index in [-0.39, 0.29) is 36.6 Å². The molecular weight excluding hydrogens is 526 g/mol. The zero-order valence-corrected chi connectivity index (χ0v) is 21.4. The number of hydrogen-bond acceptors (Lipinski definition) is 5. The first-order chi connectivity index (χ1) is 17.9. The lowest BCUT2D eigenvalue weighted by Gasteiger charge is -2.23. The van der Waals surface area contributed by atoms with Crippen molar-refractivity contribution in [1.29, 1.82) is 0 Å². The van der Waals surface area contributed by atoms with Gasteiger partial charge in [-0.25, -0.2) is 9.37 Å². The van der Waals surface area contributed by atoms with Crippen LogP contribution < -0.4 is 14.8 Å². The van der Waals surface area contributed by atoms with Gasteiger partial charge in [0.15, 0.2) is 0 Å². The van der Waals surface area contributed by atoms with E-state index in [4.69, 9.17) is 10.5 Å². The third kappa shape index (κ3) is 7.29. The second kappa shape index (κ2) is 12.4. The predicted octanol–water partition coefficient (Wildman–Crippen LogP) is 4.81. The van der Waals surface area contributed by atoms with E-state index >= 15 is 0 Å². The molecule has 2 atom stereocenters. The molecule has 0 spiro atoms. The molecule has 0 aliphatic rings. The van der Waals surface area contributed by atoms with Gasteiger partial charge in [0.25, 0.3) is 0 Å². The number of halogens is 4. The molecule has 0 aliphatic heterocycles. The van der Waals surface area contributed by atoms with Crippen LogP contribution in [0.2, 0.25) is 0 Å². The Labute approximate surface area is 220 Å². The summed E-state index contributed by atoms with van der Waals surface area (Å²) in [4.78, 5) is 15.9. The van der Waals surface area contributed by atoms with E-state index in [2.05, 4.69) is 4.98 Å². The second-order valence-corrected chi connectivity index (χ2v) is 9.52. The summed E-state index contributed by atoms with van der Waals surface area (Å²) in [7, 11) is 1.16. The Bertz CT molecular complexity index is 1300. The first kappa shape index (κ1) is 29.1. The highest BCUT2D eigenvalue weighted by Gasteiger charge is 2.33. The number of ether oxygens (including phenoxy) is 1. The van der Waals surface area contributed by atoms with Crippen LogP contribution in [0.25, 0.3) is 0 Å². The fourth-order valence-electron chi connectivity index (χ4n) is 3.81. The molecule has 0 saturated carbocycles. The van der Waals surface area contributed by atoms with Gasteiger partial charge in [-0.05, 0) is 54.2 Å². The van der Waals surface area contributed by atoms with Gasteiger partial charge in [-0.3, -0.25) is 9.00 Å². The normalized spacial score (nSPS) is 13.1. The summed E-state index contributed by atoms with van der Waals surface area (Å²) in [5.74, 6) is -2.90. The van der Waals surface area contributed by atoms with Crippen molar-refractivity contribution < 1.29 is 35.9 Å². The average Bonchev–Trinajstić information content (AvgIpc) is 2.87. The molecule has 0 bridgehead atoms. The van der Waals surface area contributed by atoms with E-state index in [0.717, 1.165) is 36.7 Å². The molecule has 1 aromatic heterocycles. The van der Waals surface area contributed by atoms with E-state index in [0.29, 0.717) is 9.87 Å². The molecule has 3 rings (SSSR count). The van der Waals surface area contributed by atoms with Gasteiger partial charge < -0.3 is 19.3 Å². The molecule has 0 saturated heterocycles. The largest absolute Gasteiger partial charge is 0.755 e. The summed E-state index contributed by atoms with van der Waals surface area (Å²) in [6, 6.07) is 13.1. The molecule has 0 aliphatic carbocycles. The summed E-state index contributed by atoms with van der Waals surface area (Å²) >= 11 is -2.70. The maximum Gasteiger partial charge on any atom is 0.433 e. The number of hydrogen-bond donors (Lipinski definition) is 1. The minimum absolute atomic E-state index is 0.0199. The van der Waals surface area contributed by atoms with Gasteiger partial charge in [0.2, 0.25) is 11.8 Å². The molecule has 2 aromatic carbocycles. The van der Waals surface area contributed by atoms with Crippen molar-refractivity contribution in [1.82, 2.24) is 4.98 Å². The minimum atomic E-state index is -4.69. The maximum absolute atomic E-state index is 14.6. The SMILES string of the molecule is CCc1ccc(COc2nc(C(F)(F)F)ccc2CCC(C(N)=O)c2ccc(N(C)S(=O)[O-])c(F)c2)cc1.